The number of carbonyl (C=O) groups excluding carboxylic acids is 1. The van der Waals surface area contributed by atoms with Crippen molar-refractivity contribution in [2.24, 2.45) is 0 Å². The zero-order valence-corrected chi connectivity index (χ0v) is 17.4. The summed E-state index contributed by atoms with van der Waals surface area (Å²) in [6.45, 7) is 1.93. The lowest BCUT2D eigenvalue weighted by atomic mass is 10.2. The number of alkyl halides is 3. The number of rotatable bonds is 4. The molecule has 0 aromatic heterocycles. The van der Waals surface area contributed by atoms with E-state index in [0.717, 1.165) is 11.3 Å². The lowest BCUT2D eigenvalue weighted by Crippen LogP contribution is -2.56. The van der Waals surface area contributed by atoms with Crippen LogP contribution in [0.3, 0.4) is 0 Å². The maximum atomic E-state index is 12.4. The molecule has 138 valence electrons. The number of aryl methyl sites for hydroxylation is 1. The van der Waals surface area contributed by atoms with Gasteiger partial charge in [0.1, 0.15) is 6.17 Å². The molecular weight excluding hydrogens is 436 g/mol. The van der Waals surface area contributed by atoms with Gasteiger partial charge >= 0.3 is 0 Å². The van der Waals surface area contributed by atoms with Crippen molar-refractivity contribution in [3.05, 3.63) is 64.7 Å². The third kappa shape index (κ3) is 6.18. The van der Waals surface area contributed by atoms with Gasteiger partial charge in [-0.2, -0.15) is 0 Å². The van der Waals surface area contributed by atoms with E-state index in [1.165, 1.54) is 6.07 Å². The number of halogens is 4. The first-order valence-electron chi connectivity index (χ1n) is 7.43. The van der Waals surface area contributed by atoms with Crippen LogP contribution in [0.5, 0.6) is 0 Å². The average molecular weight is 451 g/mol. The number of nitrogens with one attached hydrogen (secondary N) is 3. The predicted octanol–water partition coefficient (Wildman–Crippen LogP) is 5.06. The lowest BCUT2D eigenvalue weighted by Gasteiger charge is -2.28. The summed E-state index contributed by atoms with van der Waals surface area (Å²) in [5, 5.41) is 9.03. The molecule has 0 saturated heterocycles. The van der Waals surface area contributed by atoms with Crippen LogP contribution in [0, 0.1) is 6.92 Å². The quantitative estimate of drug-likeness (QED) is 0.346. The smallest absolute Gasteiger partial charge is 0.253 e. The van der Waals surface area contributed by atoms with Gasteiger partial charge in [-0.25, -0.2) is 0 Å². The van der Waals surface area contributed by atoms with Gasteiger partial charge in [-0.05, 0) is 49.0 Å². The number of anilines is 1. The van der Waals surface area contributed by atoms with Crippen LogP contribution < -0.4 is 16.0 Å². The van der Waals surface area contributed by atoms with Crippen molar-refractivity contribution in [1.82, 2.24) is 10.6 Å². The van der Waals surface area contributed by atoms with Gasteiger partial charge in [-0.1, -0.05) is 70.7 Å². The minimum absolute atomic E-state index is 0.196. The summed E-state index contributed by atoms with van der Waals surface area (Å²) in [6.07, 6.45) is -1.07. The molecule has 0 radical (unpaired) electrons. The van der Waals surface area contributed by atoms with Crippen molar-refractivity contribution < 1.29 is 4.79 Å². The molecule has 0 aliphatic carbocycles. The molecule has 0 spiro atoms. The summed E-state index contributed by atoms with van der Waals surface area (Å²) >= 11 is 29.1. The van der Waals surface area contributed by atoms with E-state index in [2.05, 4.69) is 16.0 Å². The summed E-state index contributed by atoms with van der Waals surface area (Å²) in [4.78, 5) is 12.4. The highest BCUT2D eigenvalue weighted by atomic mass is 35.6. The average Bonchev–Trinajstić information content (AvgIpc) is 2.55. The van der Waals surface area contributed by atoms with Crippen LogP contribution in [0.2, 0.25) is 5.02 Å². The molecule has 0 aliphatic rings. The largest absolute Gasteiger partial charge is 0.339 e. The molecule has 9 heteroatoms. The Hall–Kier alpha value is -1.24. The molecule has 2 aromatic rings. The van der Waals surface area contributed by atoms with Crippen LogP contribution in [0.4, 0.5) is 5.69 Å². The number of carbonyl (C=O) groups is 1. The molecule has 26 heavy (non-hydrogen) atoms. The molecular formula is C17H15Cl4N3OS. The molecule has 0 aliphatic heterocycles. The van der Waals surface area contributed by atoms with Gasteiger partial charge in [0.25, 0.3) is 5.91 Å². The number of hydrogen-bond acceptors (Lipinski definition) is 2. The van der Waals surface area contributed by atoms with E-state index >= 15 is 0 Å². The zero-order valence-electron chi connectivity index (χ0n) is 13.5. The van der Waals surface area contributed by atoms with Gasteiger partial charge in [-0.15, -0.1) is 0 Å². The van der Waals surface area contributed by atoms with Crippen molar-refractivity contribution in [3.63, 3.8) is 0 Å². The summed E-state index contributed by atoms with van der Waals surface area (Å²) in [5.41, 5.74) is 2.12. The molecule has 4 nitrogen and oxygen atoms in total. The topological polar surface area (TPSA) is 53.2 Å². The van der Waals surface area contributed by atoms with E-state index in [1.54, 1.807) is 18.2 Å². The molecule has 2 aromatic carbocycles. The Morgan fingerprint density at radius 2 is 1.77 bits per heavy atom. The number of hydrogen-bond donors (Lipinski definition) is 3. The Kier molecular flexibility index (Phi) is 7.38. The minimum Gasteiger partial charge on any atom is -0.339 e. The molecule has 0 unspecified atom stereocenters. The van der Waals surface area contributed by atoms with Crippen molar-refractivity contribution in [2.75, 3.05) is 5.32 Å². The van der Waals surface area contributed by atoms with Gasteiger partial charge in [0, 0.05) is 16.3 Å². The second-order valence-electron chi connectivity index (χ2n) is 5.37. The third-order valence-corrected chi connectivity index (χ3v) is 4.47. The fourth-order valence-corrected chi connectivity index (χ4v) is 2.79. The predicted molar refractivity (Wildman–Crippen MR) is 114 cm³/mol. The lowest BCUT2D eigenvalue weighted by molar-refractivity contribution is 0.0934. The van der Waals surface area contributed by atoms with Gasteiger partial charge in [0.2, 0.25) is 3.79 Å². The van der Waals surface area contributed by atoms with Crippen molar-refractivity contribution in [2.45, 2.75) is 16.9 Å². The Morgan fingerprint density at radius 3 is 2.38 bits per heavy atom. The van der Waals surface area contributed by atoms with E-state index in [4.69, 9.17) is 58.6 Å². The standard InChI is InChI=1S/C17H15Cl4N3OS/c1-10-5-2-3-8-13(10)22-16(26)24-15(17(19,20)21)23-14(25)11-6-4-7-12(18)9-11/h2-9,15H,1H3,(H,23,25)(H2,22,24,26)/t15-/m0/s1. The van der Waals surface area contributed by atoms with Gasteiger partial charge in [0.05, 0.1) is 0 Å². The first kappa shape index (κ1) is 21.1. The Bertz CT molecular complexity index is 811. The van der Waals surface area contributed by atoms with Gasteiger partial charge < -0.3 is 16.0 Å². The second-order valence-corrected chi connectivity index (χ2v) is 8.59. The van der Waals surface area contributed by atoms with Crippen molar-refractivity contribution in [3.8, 4) is 0 Å². The van der Waals surface area contributed by atoms with E-state index < -0.39 is 15.9 Å². The monoisotopic (exact) mass is 449 g/mol. The van der Waals surface area contributed by atoms with E-state index in [1.807, 2.05) is 31.2 Å². The minimum atomic E-state index is -1.84. The van der Waals surface area contributed by atoms with Crippen LogP contribution in [0.15, 0.2) is 48.5 Å². The van der Waals surface area contributed by atoms with Crippen LogP contribution in [0.1, 0.15) is 15.9 Å². The van der Waals surface area contributed by atoms with Crippen molar-refractivity contribution >= 4 is 75.3 Å². The molecule has 1 amide bonds. The molecule has 0 fully saturated rings. The Morgan fingerprint density at radius 1 is 1.08 bits per heavy atom. The normalized spacial score (nSPS) is 12.2. The summed E-state index contributed by atoms with van der Waals surface area (Å²) in [5.74, 6) is -0.463. The van der Waals surface area contributed by atoms with Crippen LogP contribution >= 0.6 is 58.6 Å². The molecule has 3 N–H and O–H groups in total. The Labute approximate surface area is 177 Å². The SMILES string of the molecule is Cc1ccccc1NC(=S)N[C@H](NC(=O)c1cccc(Cl)c1)C(Cl)(Cl)Cl. The molecule has 0 bridgehead atoms. The fraction of sp³-hybridized carbons (Fsp3) is 0.176. The number of thiocarbonyl (C=S) groups is 1. The summed E-state index contributed by atoms with van der Waals surface area (Å²) in [7, 11) is 0. The van der Waals surface area contributed by atoms with Crippen LogP contribution in [-0.4, -0.2) is 21.0 Å². The van der Waals surface area contributed by atoms with E-state index in [0.29, 0.717) is 10.6 Å². The van der Waals surface area contributed by atoms with Gasteiger partial charge in [-0.3, -0.25) is 4.79 Å². The molecule has 1 atom stereocenters. The van der Waals surface area contributed by atoms with Crippen molar-refractivity contribution in [1.29, 1.82) is 0 Å². The Balaban J connectivity index is 2.09. The van der Waals surface area contributed by atoms with Gasteiger partial charge in [0.15, 0.2) is 5.11 Å². The second kappa shape index (κ2) is 9.11. The third-order valence-electron chi connectivity index (χ3n) is 3.36. The molecule has 0 saturated carbocycles. The highest BCUT2D eigenvalue weighted by Gasteiger charge is 2.35. The fourth-order valence-electron chi connectivity index (χ4n) is 2.05. The van der Waals surface area contributed by atoms with E-state index in [9.17, 15) is 4.79 Å². The summed E-state index contributed by atoms with van der Waals surface area (Å²) in [6, 6.07) is 14.0. The van der Waals surface area contributed by atoms with Crippen LogP contribution in [-0.2, 0) is 0 Å². The number of benzene rings is 2. The maximum absolute atomic E-state index is 12.4. The first-order valence-corrected chi connectivity index (χ1v) is 9.35. The highest BCUT2D eigenvalue weighted by Crippen LogP contribution is 2.29. The highest BCUT2D eigenvalue weighted by molar-refractivity contribution is 7.80. The molecule has 2 rings (SSSR count). The number of para-hydroxylation sites is 1. The first-order chi connectivity index (χ1) is 12.2. The zero-order chi connectivity index (χ0) is 19.3. The molecule has 0 heterocycles. The maximum Gasteiger partial charge on any atom is 0.253 e. The number of amides is 1. The van der Waals surface area contributed by atoms with Crippen LogP contribution in [0.25, 0.3) is 0 Å². The van der Waals surface area contributed by atoms with E-state index in [-0.39, 0.29) is 5.11 Å². The summed E-state index contributed by atoms with van der Waals surface area (Å²) < 4.78 is -1.84.